The molecular formula is C27H33N3O4. The first-order valence-electron chi connectivity index (χ1n) is 11.5. The Morgan fingerprint density at radius 1 is 1.18 bits per heavy atom. The molecule has 1 fully saturated rings. The number of carbonyl (C=O) groups is 3. The predicted molar refractivity (Wildman–Crippen MR) is 131 cm³/mol. The van der Waals surface area contributed by atoms with Crippen molar-refractivity contribution in [3.63, 3.8) is 0 Å². The van der Waals surface area contributed by atoms with Crippen molar-refractivity contribution in [3.05, 3.63) is 72.6 Å². The normalized spacial score (nSPS) is 18.6. The number of hydrogen-bond donors (Lipinski definition) is 1. The average molecular weight is 464 g/mol. The molecule has 34 heavy (non-hydrogen) atoms. The summed E-state index contributed by atoms with van der Waals surface area (Å²) in [6, 6.07) is 10.0. The van der Waals surface area contributed by atoms with E-state index in [1.807, 2.05) is 24.3 Å². The van der Waals surface area contributed by atoms with Gasteiger partial charge in [-0.2, -0.15) is 0 Å². The molecule has 1 aliphatic rings. The van der Waals surface area contributed by atoms with Gasteiger partial charge in [0.2, 0.25) is 5.91 Å². The van der Waals surface area contributed by atoms with Crippen molar-refractivity contribution in [2.24, 2.45) is 5.92 Å². The summed E-state index contributed by atoms with van der Waals surface area (Å²) in [6.45, 7) is 10.00. The van der Waals surface area contributed by atoms with Gasteiger partial charge in [0.1, 0.15) is 6.04 Å². The Bertz CT molecular complexity index is 1030. The fourth-order valence-corrected chi connectivity index (χ4v) is 4.35. The molecule has 1 aliphatic carbocycles. The van der Waals surface area contributed by atoms with Crippen LogP contribution in [0.5, 0.6) is 0 Å². The average Bonchev–Trinajstić information content (AvgIpc) is 3.29. The molecule has 3 rings (SSSR count). The van der Waals surface area contributed by atoms with Crippen LogP contribution >= 0.6 is 0 Å². The molecule has 0 bridgehead atoms. The molecule has 1 aromatic heterocycles. The van der Waals surface area contributed by atoms with E-state index in [9.17, 15) is 14.4 Å². The van der Waals surface area contributed by atoms with E-state index in [2.05, 4.69) is 37.7 Å². The summed E-state index contributed by atoms with van der Waals surface area (Å²) < 4.78 is 4.86. The molecule has 0 spiro atoms. The Hall–Kier alpha value is -3.48. The van der Waals surface area contributed by atoms with Crippen molar-refractivity contribution in [2.75, 3.05) is 12.0 Å². The third-order valence-electron chi connectivity index (χ3n) is 6.24. The van der Waals surface area contributed by atoms with Crippen molar-refractivity contribution < 1.29 is 19.1 Å². The summed E-state index contributed by atoms with van der Waals surface area (Å²) in [6.07, 6.45) is 6.24. The molecule has 180 valence electrons. The van der Waals surface area contributed by atoms with Crippen LogP contribution < -0.4 is 10.2 Å². The summed E-state index contributed by atoms with van der Waals surface area (Å²) in [5, 5.41) is 3.05. The number of aromatic nitrogens is 1. The second-order valence-corrected chi connectivity index (χ2v) is 9.64. The minimum absolute atomic E-state index is 0.0510. The fourth-order valence-electron chi connectivity index (χ4n) is 4.35. The minimum Gasteiger partial charge on any atom is -0.469 e. The lowest BCUT2D eigenvalue weighted by Gasteiger charge is -2.32. The number of nitrogens with one attached hydrogen (secondary N) is 1. The number of hydrogen-bond acceptors (Lipinski definition) is 5. The van der Waals surface area contributed by atoms with Crippen molar-refractivity contribution >= 4 is 23.5 Å². The first-order valence-corrected chi connectivity index (χ1v) is 11.5. The number of carbonyl (C=O) groups excluding carboxylic acids is 3. The molecule has 1 N–H and O–H groups in total. The number of ether oxygens (including phenoxy) is 1. The van der Waals surface area contributed by atoms with Gasteiger partial charge in [-0.25, -0.2) is 0 Å². The molecule has 1 aromatic carbocycles. The molecule has 0 saturated heterocycles. The summed E-state index contributed by atoms with van der Waals surface area (Å²) in [5.41, 5.74) is 2.23. The maximum absolute atomic E-state index is 13.6. The van der Waals surface area contributed by atoms with Crippen LogP contribution in [0.1, 0.15) is 57.2 Å². The number of methoxy groups -OCH3 is 1. The summed E-state index contributed by atoms with van der Waals surface area (Å²) in [7, 11) is 1.37. The summed E-state index contributed by atoms with van der Waals surface area (Å²) >= 11 is 0. The quantitative estimate of drug-likeness (QED) is 0.493. The molecule has 7 nitrogen and oxygen atoms in total. The summed E-state index contributed by atoms with van der Waals surface area (Å²) in [4.78, 5) is 44.2. The second kappa shape index (κ2) is 10.6. The number of esters is 1. The molecule has 3 atom stereocenters. The second-order valence-electron chi connectivity index (χ2n) is 9.64. The number of benzene rings is 1. The highest BCUT2D eigenvalue weighted by Gasteiger charge is 2.36. The number of rotatable bonds is 7. The van der Waals surface area contributed by atoms with Crippen LogP contribution in [0.4, 0.5) is 5.69 Å². The van der Waals surface area contributed by atoms with E-state index in [0.717, 1.165) is 5.56 Å². The fraction of sp³-hybridized carbons (Fsp3) is 0.407. The van der Waals surface area contributed by atoms with Crippen LogP contribution in [0.15, 0.2) is 61.4 Å². The molecule has 0 aliphatic heterocycles. The van der Waals surface area contributed by atoms with Crippen LogP contribution in [0.25, 0.3) is 0 Å². The summed E-state index contributed by atoms with van der Waals surface area (Å²) in [5.74, 6) is -1.23. The van der Waals surface area contributed by atoms with Gasteiger partial charge >= 0.3 is 5.97 Å². The van der Waals surface area contributed by atoms with Crippen LogP contribution in [0, 0.1) is 5.92 Å². The molecule has 1 heterocycles. The largest absolute Gasteiger partial charge is 0.469 e. The zero-order valence-corrected chi connectivity index (χ0v) is 20.3. The van der Waals surface area contributed by atoms with Gasteiger partial charge in [0.25, 0.3) is 5.91 Å². The lowest BCUT2D eigenvalue weighted by Crippen LogP contribution is -2.46. The zero-order valence-electron chi connectivity index (χ0n) is 20.3. The Morgan fingerprint density at radius 2 is 1.88 bits per heavy atom. The lowest BCUT2D eigenvalue weighted by molar-refractivity contribution is -0.145. The highest BCUT2D eigenvalue weighted by Crippen LogP contribution is 2.32. The third kappa shape index (κ3) is 5.71. The van der Waals surface area contributed by atoms with Crippen molar-refractivity contribution in [3.8, 4) is 0 Å². The van der Waals surface area contributed by atoms with Crippen LogP contribution in [-0.2, 0) is 24.5 Å². The Kier molecular flexibility index (Phi) is 7.87. The molecule has 1 unspecified atom stereocenters. The Balaban J connectivity index is 1.95. The SMILES string of the molecule is C=CC(=O)N(c1ccc(C(C)(C)C)cc1)C(C(=O)N[C@H]1CC[C@@H](C(=O)OC)C1)c1cccnc1. The smallest absolute Gasteiger partial charge is 0.308 e. The highest BCUT2D eigenvalue weighted by atomic mass is 16.5. The molecule has 0 radical (unpaired) electrons. The van der Waals surface area contributed by atoms with E-state index in [0.29, 0.717) is 30.5 Å². The van der Waals surface area contributed by atoms with E-state index in [1.165, 1.54) is 18.1 Å². The van der Waals surface area contributed by atoms with E-state index in [-0.39, 0.29) is 29.3 Å². The Labute approximate surface area is 201 Å². The topological polar surface area (TPSA) is 88.6 Å². The van der Waals surface area contributed by atoms with Gasteiger partial charge in [-0.3, -0.25) is 24.3 Å². The van der Waals surface area contributed by atoms with Crippen molar-refractivity contribution in [2.45, 2.75) is 57.5 Å². The maximum atomic E-state index is 13.6. The van der Waals surface area contributed by atoms with E-state index in [1.54, 1.807) is 24.5 Å². The predicted octanol–water partition coefficient (Wildman–Crippen LogP) is 4.10. The first kappa shape index (κ1) is 25.1. The van der Waals surface area contributed by atoms with E-state index < -0.39 is 11.9 Å². The van der Waals surface area contributed by atoms with Gasteiger partial charge in [0.15, 0.2) is 0 Å². The first-order chi connectivity index (χ1) is 16.2. The number of amides is 2. The third-order valence-corrected chi connectivity index (χ3v) is 6.24. The Morgan fingerprint density at radius 3 is 2.44 bits per heavy atom. The highest BCUT2D eigenvalue weighted by molar-refractivity contribution is 6.06. The number of anilines is 1. The van der Waals surface area contributed by atoms with E-state index >= 15 is 0 Å². The maximum Gasteiger partial charge on any atom is 0.308 e. The number of nitrogens with zero attached hydrogens (tertiary/aromatic N) is 2. The van der Waals surface area contributed by atoms with Crippen LogP contribution in [-0.4, -0.2) is 35.9 Å². The molecular weight excluding hydrogens is 430 g/mol. The van der Waals surface area contributed by atoms with Gasteiger partial charge in [-0.15, -0.1) is 0 Å². The number of pyridine rings is 1. The lowest BCUT2D eigenvalue weighted by atomic mass is 9.87. The van der Waals surface area contributed by atoms with Gasteiger partial charge in [-0.1, -0.05) is 45.5 Å². The van der Waals surface area contributed by atoms with Crippen LogP contribution in [0.2, 0.25) is 0 Å². The van der Waals surface area contributed by atoms with Gasteiger partial charge in [0.05, 0.1) is 13.0 Å². The van der Waals surface area contributed by atoms with Crippen molar-refractivity contribution in [1.29, 1.82) is 0 Å². The molecule has 2 amide bonds. The van der Waals surface area contributed by atoms with Crippen LogP contribution in [0.3, 0.4) is 0 Å². The molecule has 2 aromatic rings. The van der Waals surface area contributed by atoms with Crippen molar-refractivity contribution in [1.82, 2.24) is 10.3 Å². The minimum atomic E-state index is -0.947. The standard InChI is InChI=1S/C27H33N3O4/c1-6-23(31)30(22-13-10-20(11-14-22)27(2,3)4)24(19-8-7-15-28-17-19)25(32)29-21-12-9-18(16-21)26(33)34-5/h6-8,10-11,13-15,17-18,21,24H,1,9,12,16H2,2-5H3,(H,29,32)/t18-,21+,24?/m1/s1. The van der Waals surface area contributed by atoms with E-state index in [4.69, 9.17) is 4.74 Å². The van der Waals surface area contributed by atoms with Gasteiger partial charge in [-0.05, 0) is 54.5 Å². The molecule has 1 saturated carbocycles. The zero-order chi connectivity index (χ0) is 24.9. The molecule has 7 heteroatoms. The monoisotopic (exact) mass is 463 g/mol. The van der Waals surface area contributed by atoms with Gasteiger partial charge in [0, 0.05) is 29.7 Å². The van der Waals surface area contributed by atoms with Gasteiger partial charge < -0.3 is 10.1 Å².